The summed E-state index contributed by atoms with van der Waals surface area (Å²) in [5.74, 6) is -1.10. The molecule has 4 N–H and O–H groups in total. The molecule has 1 aliphatic carbocycles. The Kier molecular flexibility index (Phi) is 8.52. The van der Waals surface area contributed by atoms with Gasteiger partial charge in [0.2, 0.25) is 5.91 Å². The standard InChI is InChI=1S/C23H26N2O6S/c26-11-9-20(22(28)29)25-21(27)14-32-12-10-24-23(30)31-13-19-17-7-3-1-5-15(17)16-6-2-4-8-18(16)19/h1-8,19-20,26H,9-14H2,(H,24,30)(H,25,27)(H,28,29)/t20-/m1/s1. The van der Waals surface area contributed by atoms with Crippen molar-refractivity contribution in [3.63, 3.8) is 0 Å². The molecule has 0 unspecified atom stereocenters. The number of thioether (sulfide) groups is 1. The maximum Gasteiger partial charge on any atom is 0.407 e. The number of aliphatic carboxylic acids is 1. The van der Waals surface area contributed by atoms with Crippen LogP contribution >= 0.6 is 11.8 Å². The van der Waals surface area contributed by atoms with Crippen molar-refractivity contribution in [2.24, 2.45) is 0 Å². The van der Waals surface area contributed by atoms with Crippen LogP contribution in [0.1, 0.15) is 23.5 Å². The van der Waals surface area contributed by atoms with Gasteiger partial charge in [-0.3, -0.25) is 4.79 Å². The number of alkyl carbamates (subject to hydrolysis) is 1. The minimum Gasteiger partial charge on any atom is -0.480 e. The lowest BCUT2D eigenvalue weighted by molar-refractivity contribution is -0.141. The van der Waals surface area contributed by atoms with E-state index in [1.54, 1.807) is 0 Å². The summed E-state index contributed by atoms with van der Waals surface area (Å²) in [6.45, 7) is 0.221. The third-order valence-electron chi connectivity index (χ3n) is 5.14. The van der Waals surface area contributed by atoms with Crippen molar-refractivity contribution in [2.75, 3.05) is 31.3 Å². The van der Waals surface area contributed by atoms with Crippen molar-refractivity contribution in [3.05, 3.63) is 59.7 Å². The van der Waals surface area contributed by atoms with Gasteiger partial charge in [-0.25, -0.2) is 9.59 Å². The lowest BCUT2D eigenvalue weighted by Gasteiger charge is -2.14. The average molecular weight is 459 g/mol. The molecule has 8 nitrogen and oxygen atoms in total. The van der Waals surface area contributed by atoms with E-state index in [-0.39, 0.29) is 31.3 Å². The smallest absolute Gasteiger partial charge is 0.407 e. The number of aliphatic hydroxyl groups excluding tert-OH is 1. The zero-order valence-corrected chi connectivity index (χ0v) is 18.3. The Balaban J connectivity index is 1.38. The Morgan fingerprint density at radius 2 is 1.66 bits per heavy atom. The highest BCUT2D eigenvalue weighted by Gasteiger charge is 2.28. The molecule has 2 amide bonds. The highest BCUT2D eigenvalue weighted by Crippen LogP contribution is 2.44. The van der Waals surface area contributed by atoms with Gasteiger partial charge >= 0.3 is 12.1 Å². The number of benzene rings is 2. The first-order chi connectivity index (χ1) is 15.5. The first-order valence-electron chi connectivity index (χ1n) is 10.3. The van der Waals surface area contributed by atoms with Crippen LogP contribution in [-0.2, 0) is 14.3 Å². The summed E-state index contributed by atoms with van der Waals surface area (Å²) < 4.78 is 5.45. The lowest BCUT2D eigenvalue weighted by atomic mass is 9.98. The number of rotatable bonds is 11. The van der Waals surface area contributed by atoms with Crippen molar-refractivity contribution in [2.45, 2.75) is 18.4 Å². The Labute approximate surface area is 190 Å². The van der Waals surface area contributed by atoms with Crippen molar-refractivity contribution in [1.82, 2.24) is 10.6 Å². The van der Waals surface area contributed by atoms with Crippen LogP contribution in [0.25, 0.3) is 11.1 Å². The second kappa shape index (κ2) is 11.5. The monoisotopic (exact) mass is 458 g/mol. The Morgan fingerprint density at radius 3 is 2.25 bits per heavy atom. The minimum atomic E-state index is -1.19. The van der Waals surface area contributed by atoms with Gasteiger partial charge in [-0.1, -0.05) is 48.5 Å². The van der Waals surface area contributed by atoms with Gasteiger partial charge in [0, 0.05) is 31.2 Å². The summed E-state index contributed by atoms with van der Waals surface area (Å²) in [6.07, 6.45) is -0.569. The Morgan fingerprint density at radius 1 is 1.03 bits per heavy atom. The van der Waals surface area contributed by atoms with E-state index in [1.807, 2.05) is 24.3 Å². The molecule has 0 saturated carbocycles. The SMILES string of the molecule is O=C(CSCCNC(=O)OCC1c2ccccc2-c2ccccc21)N[C@H](CCO)C(=O)O. The molecule has 0 bridgehead atoms. The highest BCUT2D eigenvalue weighted by atomic mass is 32.2. The van der Waals surface area contributed by atoms with Crippen molar-refractivity contribution >= 4 is 29.7 Å². The summed E-state index contributed by atoms with van der Waals surface area (Å²) >= 11 is 1.26. The molecule has 0 radical (unpaired) electrons. The molecule has 0 spiro atoms. The summed E-state index contributed by atoms with van der Waals surface area (Å²) in [5, 5.41) is 22.8. The molecular weight excluding hydrogens is 432 g/mol. The van der Waals surface area contributed by atoms with Crippen LogP contribution in [0, 0.1) is 0 Å². The molecule has 32 heavy (non-hydrogen) atoms. The maximum absolute atomic E-state index is 12.1. The fourth-order valence-corrected chi connectivity index (χ4v) is 4.32. The van der Waals surface area contributed by atoms with E-state index in [1.165, 1.54) is 11.8 Å². The molecule has 0 aliphatic heterocycles. The zero-order valence-electron chi connectivity index (χ0n) is 17.5. The largest absolute Gasteiger partial charge is 0.480 e. The number of aliphatic hydroxyl groups is 1. The summed E-state index contributed by atoms with van der Waals surface area (Å²) in [5.41, 5.74) is 4.61. The van der Waals surface area contributed by atoms with Gasteiger partial charge in [0.1, 0.15) is 12.6 Å². The molecule has 0 aromatic heterocycles. The molecule has 170 valence electrons. The topological polar surface area (TPSA) is 125 Å². The van der Waals surface area contributed by atoms with Gasteiger partial charge in [-0.05, 0) is 22.3 Å². The van der Waals surface area contributed by atoms with Crippen LogP contribution in [0.3, 0.4) is 0 Å². The Bertz CT molecular complexity index is 922. The van der Waals surface area contributed by atoms with E-state index in [0.29, 0.717) is 12.3 Å². The van der Waals surface area contributed by atoms with Gasteiger partial charge in [-0.15, -0.1) is 0 Å². The Hall–Kier alpha value is -3.04. The van der Waals surface area contributed by atoms with E-state index < -0.39 is 24.0 Å². The molecule has 0 heterocycles. The number of carbonyl (C=O) groups is 3. The predicted molar refractivity (Wildman–Crippen MR) is 122 cm³/mol. The van der Waals surface area contributed by atoms with Crippen LogP contribution in [0.4, 0.5) is 4.79 Å². The molecule has 3 rings (SSSR count). The second-order valence-electron chi connectivity index (χ2n) is 7.28. The van der Waals surface area contributed by atoms with Crippen LogP contribution < -0.4 is 10.6 Å². The van der Waals surface area contributed by atoms with Crippen LogP contribution in [0.2, 0.25) is 0 Å². The molecular formula is C23H26N2O6S. The lowest BCUT2D eigenvalue weighted by Crippen LogP contribution is -2.42. The maximum atomic E-state index is 12.1. The second-order valence-corrected chi connectivity index (χ2v) is 8.38. The van der Waals surface area contributed by atoms with Gasteiger partial charge in [0.15, 0.2) is 0 Å². The number of fused-ring (bicyclic) bond motifs is 3. The first-order valence-corrected chi connectivity index (χ1v) is 11.5. The average Bonchev–Trinajstić information content (AvgIpc) is 3.11. The third-order valence-corrected chi connectivity index (χ3v) is 6.10. The molecule has 1 aliphatic rings. The molecule has 0 fully saturated rings. The number of hydrogen-bond donors (Lipinski definition) is 4. The molecule has 2 aromatic carbocycles. The van der Waals surface area contributed by atoms with Gasteiger partial charge in [-0.2, -0.15) is 11.8 Å². The van der Waals surface area contributed by atoms with E-state index in [2.05, 4.69) is 34.9 Å². The van der Waals surface area contributed by atoms with E-state index >= 15 is 0 Å². The fourth-order valence-electron chi connectivity index (χ4n) is 3.66. The molecule has 2 aromatic rings. The number of carboxylic acids is 1. The fraction of sp³-hybridized carbons (Fsp3) is 0.348. The van der Waals surface area contributed by atoms with Crippen LogP contribution in [0.15, 0.2) is 48.5 Å². The van der Waals surface area contributed by atoms with Gasteiger partial charge < -0.3 is 25.6 Å². The molecule has 9 heteroatoms. The van der Waals surface area contributed by atoms with Crippen molar-refractivity contribution in [3.8, 4) is 11.1 Å². The van der Waals surface area contributed by atoms with E-state index in [0.717, 1.165) is 22.3 Å². The van der Waals surface area contributed by atoms with Gasteiger partial charge in [0.05, 0.1) is 5.75 Å². The van der Waals surface area contributed by atoms with Crippen molar-refractivity contribution < 1.29 is 29.3 Å². The van der Waals surface area contributed by atoms with E-state index in [4.69, 9.17) is 14.9 Å². The number of ether oxygens (including phenoxy) is 1. The number of amides is 2. The normalized spacial score (nSPS) is 13.0. The molecule has 1 atom stereocenters. The molecule has 0 saturated heterocycles. The highest BCUT2D eigenvalue weighted by molar-refractivity contribution is 7.99. The number of carboxylic acid groups (broad SMARTS) is 1. The van der Waals surface area contributed by atoms with Crippen molar-refractivity contribution in [1.29, 1.82) is 0 Å². The van der Waals surface area contributed by atoms with Crippen LogP contribution in [0.5, 0.6) is 0 Å². The summed E-state index contributed by atoms with van der Waals surface area (Å²) in [6, 6.07) is 15.1. The number of carbonyl (C=O) groups excluding carboxylic acids is 2. The first kappa shape index (κ1) is 23.6. The summed E-state index contributed by atoms with van der Waals surface area (Å²) in [4.78, 5) is 34.9. The van der Waals surface area contributed by atoms with E-state index in [9.17, 15) is 14.4 Å². The third kappa shape index (κ3) is 6.02. The number of hydrogen-bond acceptors (Lipinski definition) is 6. The quantitative estimate of drug-likeness (QED) is 0.381. The zero-order chi connectivity index (χ0) is 22.9. The predicted octanol–water partition coefficient (Wildman–Crippen LogP) is 2.21. The van der Waals surface area contributed by atoms with Crippen LogP contribution in [-0.4, -0.2) is 65.5 Å². The summed E-state index contributed by atoms with van der Waals surface area (Å²) in [7, 11) is 0. The number of nitrogens with one attached hydrogen (secondary N) is 2. The van der Waals surface area contributed by atoms with Gasteiger partial charge in [0.25, 0.3) is 0 Å². The minimum absolute atomic E-state index is 0.00711.